The van der Waals surface area contributed by atoms with E-state index < -0.39 is 14.7 Å². The van der Waals surface area contributed by atoms with Crippen molar-refractivity contribution in [3.8, 4) is 0 Å². The van der Waals surface area contributed by atoms with Gasteiger partial charge in [-0.2, -0.15) is 0 Å². The van der Waals surface area contributed by atoms with Crippen molar-refractivity contribution in [1.29, 1.82) is 0 Å². The lowest BCUT2D eigenvalue weighted by atomic mass is 10.4. The Morgan fingerprint density at radius 1 is 0.467 bits per heavy atom. The predicted molar refractivity (Wildman–Crippen MR) is 124 cm³/mol. The Balaban J connectivity index is 1.78. The molecule has 6 heteroatoms. The van der Waals surface area contributed by atoms with Crippen molar-refractivity contribution in [3.63, 3.8) is 0 Å². The lowest BCUT2D eigenvalue weighted by Gasteiger charge is -2.25. The van der Waals surface area contributed by atoms with Crippen LogP contribution in [0.3, 0.4) is 0 Å². The van der Waals surface area contributed by atoms with Crippen molar-refractivity contribution in [2.45, 2.75) is 0 Å². The third-order valence-corrected chi connectivity index (χ3v) is 9.58. The fourth-order valence-corrected chi connectivity index (χ4v) is 7.40. The van der Waals surface area contributed by atoms with Gasteiger partial charge in [0.1, 0.15) is 0 Å². The highest BCUT2D eigenvalue weighted by Gasteiger charge is 2.35. The van der Waals surface area contributed by atoms with E-state index in [1.54, 1.807) is 48.5 Å². The molecule has 0 saturated carbocycles. The number of rotatable bonds is 7. The molecule has 0 aliphatic heterocycles. The summed E-state index contributed by atoms with van der Waals surface area (Å²) in [6.07, 6.45) is 0. The van der Waals surface area contributed by atoms with Crippen molar-refractivity contribution in [2.75, 3.05) is 0 Å². The Morgan fingerprint density at radius 3 is 1.10 bits per heavy atom. The van der Waals surface area contributed by atoms with Crippen LogP contribution in [0, 0.1) is 0 Å². The SMILES string of the molecule is O=P(NOP(=O)(c1ccccc1)c1ccccc1)(c1ccccc1)c1ccccc1. The number of nitrogens with one attached hydrogen (secondary N) is 1. The zero-order valence-corrected chi connectivity index (χ0v) is 18.0. The lowest BCUT2D eigenvalue weighted by molar-refractivity contribution is 0.282. The molecule has 0 spiro atoms. The Morgan fingerprint density at radius 2 is 0.767 bits per heavy atom. The molecular weight excluding hydrogens is 412 g/mol. The molecule has 1 N–H and O–H groups in total. The summed E-state index contributed by atoms with van der Waals surface area (Å²) in [6.45, 7) is 0. The third-order valence-electron chi connectivity index (χ3n) is 4.73. The van der Waals surface area contributed by atoms with E-state index in [4.69, 9.17) is 4.62 Å². The van der Waals surface area contributed by atoms with E-state index in [2.05, 4.69) is 5.25 Å². The number of hydrogen-bond acceptors (Lipinski definition) is 3. The summed E-state index contributed by atoms with van der Waals surface area (Å²) >= 11 is 0. The minimum Gasteiger partial charge on any atom is -0.294 e. The quantitative estimate of drug-likeness (QED) is 0.348. The van der Waals surface area contributed by atoms with E-state index in [0.717, 1.165) is 0 Å². The Labute approximate surface area is 176 Å². The normalized spacial score (nSPS) is 11.9. The van der Waals surface area contributed by atoms with Gasteiger partial charge in [0.25, 0.3) is 7.37 Å². The van der Waals surface area contributed by atoms with Gasteiger partial charge in [0.15, 0.2) is 0 Å². The average Bonchev–Trinajstić information content (AvgIpc) is 2.84. The second kappa shape index (κ2) is 8.95. The molecular formula is C24H21NO3P2. The maximum absolute atomic E-state index is 14.2. The lowest BCUT2D eigenvalue weighted by Crippen LogP contribution is -2.30. The van der Waals surface area contributed by atoms with Gasteiger partial charge in [-0.25, -0.2) is 4.62 Å². The van der Waals surface area contributed by atoms with Gasteiger partial charge in [-0.15, -0.1) is 5.25 Å². The maximum Gasteiger partial charge on any atom is 0.277 e. The van der Waals surface area contributed by atoms with Crippen molar-refractivity contribution in [1.82, 2.24) is 5.25 Å². The fraction of sp³-hybridized carbons (Fsp3) is 0. The molecule has 0 aliphatic rings. The van der Waals surface area contributed by atoms with Crippen LogP contribution in [0.4, 0.5) is 0 Å². The number of hydrogen-bond donors (Lipinski definition) is 1. The molecule has 0 saturated heterocycles. The molecule has 0 aliphatic carbocycles. The van der Waals surface area contributed by atoms with E-state index >= 15 is 0 Å². The average molecular weight is 433 g/mol. The molecule has 0 unspecified atom stereocenters. The first-order valence-corrected chi connectivity index (χ1v) is 12.8. The van der Waals surface area contributed by atoms with E-state index in [1.165, 1.54) is 0 Å². The van der Waals surface area contributed by atoms with Gasteiger partial charge in [-0.05, 0) is 48.5 Å². The highest BCUT2D eigenvalue weighted by Crippen LogP contribution is 2.48. The summed E-state index contributed by atoms with van der Waals surface area (Å²) < 4.78 is 34.2. The van der Waals surface area contributed by atoms with Crippen LogP contribution in [-0.2, 0) is 13.8 Å². The third kappa shape index (κ3) is 4.09. The van der Waals surface area contributed by atoms with Crippen LogP contribution in [0.1, 0.15) is 0 Å². The number of benzene rings is 4. The summed E-state index contributed by atoms with van der Waals surface area (Å²) in [5.41, 5.74) is 0. The summed E-state index contributed by atoms with van der Waals surface area (Å²) in [5.74, 6) is 0. The van der Waals surface area contributed by atoms with Gasteiger partial charge >= 0.3 is 0 Å². The molecule has 4 rings (SSSR count). The predicted octanol–water partition coefficient (Wildman–Crippen LogP) is 4.37. The van der Waals surface area contributed by atoms with E-state index in [9.17, 15) is 9.13 Å². The van der Waals surface area contributed by atoms with Crippen LogP contribution in [0.25, 0.3) is 0 Å². The van der Waals surface area contributed by atoms with Gasteiger partial charge in [0.2, 0.25) is 7.29 Å². The second-order valence-electron chi connectivity index (χ2n) is 6.69. The summed E-state index contributed by atoms with van der Waals surface area (Å²) in [4.78, 5) is 0. The minimum atomic E-state index is -3.54. The maximum atomic E-state index is 14.2. The molecule has 0 heterocycles. The Kier molecular flexibility index (Phi) is 6.13. The van der Waals surface area contributed by atoms with Crippen LogP contribution in [0.5, 0.6) is 0 Å². The van der Waals surface area contributed by atoms with Gasteiger partial charge < -0.3 is 0 Å². The molecule has 0 atom stereocenters. The Bertz CT molecular complexity index is 1000. The molecule has 150 valence electrons. The van der Waals surface area contributed by atoms with Crippen molar-refractivity contribution in [3.05, 3.63) is 121 Å². The van der Waals surface area contributed by atoms with Gasteiger partial charge in [0, 0.05) is 21.2 Å². The first-order chi connectivity index (χ1) is 14.6. The van der Waals surface area contributed by atoms with Crippen molar-refractivity contribution >= 4 is 35.9 Å². The smallest absolute Gasteiger partial charge is 0.277 e. The highest BCUT2D eigenvalue weighted by atomic mass is 31.2. The zero-order valence-electron chi connectivity index (χ0n) is 16.2. The summed E-state index contributed by atoms with van der Waals surface area (Å²) in [5, 5.41) is 4.95. The fourth-order valence-electron chi connectivity index (χ4n) is 3.15. The topological polar surface area (TPSA) is 55.4 Å². The van der Waals surface area contributed by atoms with E-state index in [-0.39, 0.29) is 0 Å². The van der Waals surface area contributed by atoms with Crippen LogP contribution < -0.4 is 26.5 Å². The minimum absolute atomic E-state index is 0.524. The molecule has 0 bridgehead atoms. The molecule has 4 aromatic rings. The van der Waals surface area contributed by atoms with Gasteiger partial charge in [-0.3, -0.25) is 9.13 Å². The first kappa shape index (κ1) is 20.5. The van der Waals surface area contributed by atoms with Gasteiger partial charge in [-0.1, -0.05) is 72.8 Å². The van der Waals surface area contributed by atoms with Crippen LogP contribution in [0.15, 0.2) is 121 Å². The van der Waals surface area contributed by atoms with E-state index in [0.29, 0.717) is 21.2 Å². The highest BCUT2D eigenvalue weighted by molar-refractivity contribution is 7.78. The van der Waals surface area contributed by atoms with Crippen molar-refractivity contribution < 1.29 is 13.8 Å². The first-order valence-electron chi connectivity index (χ1n) is 9.51. The molecule has 30 heavy (non-hydrogen) atoms. The van der Waals surface area contributed by atoms with Crippen LogP contribution in [-0.4, -0.2) is 0 Å². The van der Waals surface area contributed by atoms with E-state index in [1.807, 2.05) is 72.8 Å². The summed E-state index contributed by atoms with van der Waals surface area (Å²) in [7, 11) is -6.95. The van der Waals surface area contributed by atoms with Gasteiger partial charge in [0.05, 0.1) is 0 Å². The monoisotopic (exact) mass is 433 g/mol. The molecule has 0 aromatic heterocycles. The molecule has 0 fully saturated rings. The standard InChI is InChI=1S/C24H21NO3P2/c26-29(21-13-5-1-6-14-21,22-15-7-2-8-16-22)25-28-30(27,23-17-9-3-10-18-23)24-19-11-4-12-20-24/h1-20H,(H,25,26). The molecule has 0 radical (unpaired) electrons. The molecule has 4 aromatic carbocycles. The molecule has 0 amide bonds. The summed E-state index contributed by atoms with van der Waals surface area (Å²) in [6, 6.07) is 36.1. The van der Waals surface area contributed by atoms with Crippen LogP contribution in [0.2, 0.25) is 0 Å². The Hall–Kier alpha value is -2.74. The second-order valence-corrected chi connectivity index (χ2v) is 11.4. The van der Waals surface area contributed by atoms with Crippen molar-refractivity contribution in [2.24, 2.45) is 0 Å². The zero-order chi connectivity index (χ0) is 20.9. The largest absolute Gasteiger partial charge is 0.294 e. The van der Waals surface area contributed by atoms with Crippen LogP contribution >= 0.6 is 14.7 Å². The molecule has 4 nitrogen and oxygen atoms in total.